The van der Waals surface area contributed by atoms with E-state index in [4.69, 9.17) is 4.74 Å². The Morgan fingerprint density at radius 2 is 1.79 bits per heavy atom. The standard InChI is InChI=1S/C22H25N5O2/c28-22(21-15-27(26-25-21)19-10-12-23-13-11-19)24-14-17-6-8-18(9-7-17)16-29-20-4-2-1-3-5-20/h1-9,15,19,23H,10-14,16H2,(H,24,28). The highest BCUT2D eigenvalue weighted by Gasteiger charge is 2.18. The smallest absolute Gasteiger partial charge is 0.273 e. The fraction of sp³-hybridized carbons (Fsp3) is 0.318. The largest absolute Gasteiger partial charge is 0.489 e. The van der Waals surface area contributed by atoms with Gasteiger partial charge in [0.25, 0.3) is 5.91 Å². The lowest BCUT2D eigenvalue weighted by Gasteiger charge is -2.22. The molecule has 2 heterocycles. The molecule has 0 radical (unpaired) electrons. The summed E-state index contributed by atoms with van der Waals surface area (Å²) < 4.78 is 7.57. The molecule has 1 aliphatic rings. The Balaban J connectivity index is 1.26. The van der Waals surface area contributed by atoms with Crippen molar-refractivity contribution in [3.05, 3.63) is 77.6 Å². The number of nitrogens with zero attached hydrogens (tertiary/aromatic N) is 3. The van der Waals surface area contributed by atoms with Crippen LogP contribution in [0, 0.1) is 0 Å². The molecule has 0 unspecified atom stereocenters. The van der Waals surface area contributed by atoms with E-state index in [9.17, 15) is 4.79 Å². The third kappa shape index (κ3) is 5.20. The van der Waals surface area contributed by atoms with Gasteiger partial charge in [-0.15, -0.1) is 5.10 Å². The third-order valence-corrected chi connectivity index (χ3v) is 5.05. The first-order chi connectivity index (χ1) is 14.3. The molecule has 7 nitrogen and oxygen atoms in total. The first kappa shape index (κ1) is 19.1. The number of rotatable bonds is 7. The van der Waals surface area contributed by atoms with E-state index in [1.54, 1.807) is 6.20 Å². The summed E-state index contributed by atoms with van der Waals surface area (Å²) in [6.07, 6.45) is 3.75. The molecule has 1 aliphatic heterocycles. The SMILES string of the molecule is O=C(NCc1ccc(COc2ccccc2)cc1)c1cn(C2CCNCC2)nn1. The quantitative estimate of drug-likeness (QED) is 0.647. The number of piperidine rings is 1. The van der Waals surface area contributed by atoms with Crippen molar-refractivity contribution < 1.29 is 9.53 Å². The zero-order chi connectivity index (χ0) is 19.9. The highest BCUT2D eigenvalue weighted by atomic mass is 16.5. The van der Waals surface area contributed by atoms with Crippen LogP contribution in [0.3, 0.4) is 0 Å². The molecule has 2 N–H and O–H groups in total. The van der Waals surface area contributed by atoms with Crippen LogP contribution in [-0.4, -0.2) is 34.0 Å². The van der Waals surface area contributed by atoms with E-state index < -0.39 is 0 Å². The Kier molecular flexibility index (Phi) is 6.16. The maximum atomic E-state index is 12.4. The van der Waals surface area contributed by atoms with Crippen LogP contribution in [0.4, 0.5) is 0 Å². The average molecular weight is 391 g/mol. The van der Waals surface area contributed by atoms with E-state index in [0.29, 0.717) is 24.9 Å². The van der Waals surface area contributed by atoms with Gasteiger partial charge in [0.15, 0.2) is 5.69 Å². The van der Waals surface area contributed by atoms with E-state index in [1.165, 1.54) is 0 Å². The Morgan fingerprint density at radius 1 is 1.07 bits per heavy atom. The Labute approximate surface area is 170 Å². The molecule has 2 aromatic carbocycles. The van der Waals surface area contributed by atoms with Crippen molar-refractivity contribution in [1.29, 1.82) is 0 Å². The molecular formula is C22H25N5O2. The van der Waals surface area contributed by atoms with Crippen molar-refractivity contribution in [2.45, 2.75) is 32.0 Å². The maximum Gasteiger partial charge on any atom is 0.273 e. The van der Waals surface area contributed by atoms with Crippen LogP contribution in [0.5, 0.6) is 5.75 Å². The Morgan fingerprint density at radius 3 is 2.55 bits per heavy atom. The van der Waals surface area contributed by atoms with Crippen molar-refractivity contribution in [3.8, 4) is 5.75 Å². The van der Waals surface area contributed by atoms with Gasteiger partial charge in [-0.3, -0.25) is 4.79 Å². The summed E-state index contributed by atoms with van der Waals surface area (Å²) in [5.74, 6) is 0.642. The summed E-state index contributed by atoms with van der Waals surface area (Å²) in [4.78, 5) is 12.4. The summed E-state index contributed by atoms with van der Waals surface area (Å²) in [5, 5.41) is 14.4. The molecule has 0 saturated carbocycles. The van der Waals surface area contributed by atoms with E-state index in [0.717, 1.165) is 42.8 Å². The van der Waals surface area contributed by atoms with Gasteiger partial charge in [0.1, 0.15) is 12.4 Å². The average Bonchev–Trinajstić information content (AvgIpc) is 3.29. The van der Waals surface area contributed by atoms with E-state index in [2.05, 4.69) is 20.9 Å². The Hall–Kier alpha value is -3.19. The van der Waals surface area contributed by atoms with E-state index in [-0.39, 0.29) is 5.91 Å². The normalized spacial score (nSPS) is 14.5. The number of carbonyl (C=O) groups is 1. The predicted octanol–water partition coefficient (Wildman–Crippen LogP) is 2.71. The molecule has 150 valence electrons. The summed E-state index contributed by atoms with van der Waals surface area (Å²) in [7, 11) is 0. The minimum atomic E-state index is -0.207. The summed E-state index contributed by atoms with van der Waals surface area (Å²) in [6.45, 7) is 2.90. The van der Waals surface area contributed by atoms with Crippen LogP contribution < -0.4 is 15.4 Å². The summed E-state index contributed by atoms with van der Waals surface area (Å²) >= 11 is 0. The van der Waals surface area contributed by atoms with Crippen LogP contribution >= 0.6 is 0 Å². The lowest BCUT2D eigenvalue weighted by Crippen LogP contribution is -2.29. The number of ether oxygens (including phenoxy) is 1. The number of amides is 1. The van der Waals surface area contributed by atoms with Gasteiger partial charge in [-0.05, 0) is 49.2 Å². The second kappa shape index (κ2) is 9.34. The van der Waals surface area contributed by atoms with Crippen molar-refractivity contribution in [2.24, 2.45) is 0 Å². The van der Waals surface area contributed by atoms with Crippen molar-refractivity contribution in [1.82, 2.24) is 25.6 Å². The van der Waals surface area contributed by atoms with Crippen LogP contribution in [0.1, 0.15) is 40.5 Å². The molecule has 4 rings (SSSR count). The zero-order valence-electron chi connectivity index (χ0n) is 16.3. The first-order valence-corrected chi connectivity index (χ1v) is 9.94. The van der Waals surface area contributed by atoms with Crippen molar-refractivity contribution >= 4 is 5.91 Å². The van der Waals surface area contributed by atoms with Crippen molar-refractivity contribution in [3.63, 3.8) is 0 Å². The highest BCUT2D eigenvalue weighted by Crippen LogP contribution is 2.17. The first-order valence-electron chi connectivity index (χ1n) is 9.94. The second-order valence-corrected chi connectivity index (χ2v) is 7.17. The topological polar surface area (TPSA) is 81.1 Å². The minimum Gasteiger partial charge on any atom is -0.489 e. The van der Waals surface area contributed by atoms with Gasteiger partial charge in [-0.2, -0.15) is 0 Å². The molecule has 0 bridgehead atoms. The molecular weight excluding hydrogens is 366 g/mol. The number of benzene rings is 2. The predicted molar refractivity (Wildman–Crippen MR) is 110 cm³/mol. The minimum absolute atomic E-state index is 0.207. The molecule has 29 heavy (non-hydrogen) atoms. The molecule has 1 amide bonds. The van der Waals surface area contributed by atoms with E-state index >= 15 is 0 Å². The van der Waals surface area contributed by atoms with Gasteiger partial charge < -0.3 is 15.4 Å². The molecule has 1 saturated heterocycles. The van der Waals surface area contributed by atoms with Crippen LogP contribution in [0.25, 0.3) is 0 Å². The number of carbonyl (C=O) groups excluding carboxylic acids is 1. The molecule has 1 aromatic heterocycles. The maximum absolute atomic E-state index is 12.4. The summed E-state index contributed by atoms with van der Waals surface area (Å²) in [6, 6.07) is 18.1. The number of nitrogens with one attached hydrogen (secondary N) is 2. The van der Waals surface area contributed by atoms with Crippen LogP contribution in [0.15, 0.2) is 60.8 Å². The lowest BCUT2D eigenvalue weighted by molar-refractivity contribution is 0.0946. The molecule has 0 aliphatic carbocycles. The van der Waals surface area contributed by atoms with Gasteiger partial charge in [0, 0.05) is 6.54 Å². The van der Waals surface area contributed by atoms with Gasteiger partial charge in [-0.25, -0.2) is 4.68 Å². The third-order valence-electron chi connectivity index (χ3n) is 5.05. The van der Waals surface area contributed by atoms with Gasteiger partial charge >= 0.3 is 0 Å². The van der Waals surface area contributed by atoms with E-state index in [1.807, 2.05) is 59.3 Å². The second-order valence-electron chi connectivity index (χ2n) is 7.17. The number of para-hydroxylation sites is 1. The lowest BCUT2D eigenvalue weighted by atomic mass is 10.1. The van der Waals surface area contributed by atoms with Gasteiger partial charge in [-0.1, -0.05) is 47.7 Å². The van der Waals surface area contributed by atoms with Crippen molar-refractivity contribution in [2.75, 3.05) is 13.1 Å². The molecule has 0 spiro atoms. The molecule has 0 atom stereocenters. The molecule has 1 fully saturated rings. The van der Waals surface area contributed by atoms with Crippen LogP contribution in [0.2, 0.25) is 0 Å². The monoisotopic (exact) mass is 391 g/mol. The number of aromatic nitrogens is 3. The zero-order valence-corrected chi connectivity index (χ0v) is 16.3. The van der Waals surface area contributed by atoms with Crippen LogP contribution in [-0.2, 0) is 13.2 Å². The molecule has 3 aromatic rings. The van der Waals surface area contributed by atoms with Gasteiger partial charge in [0.05, 0.1) is 12.2 Å². The fourth-order valence-corrected chi connectivity index (χ4v) is 3.34. The number of hydrogen-bond donors (Lipinski definition) is 2. The molecule has 7 heteroatoms. The highest BCUT2D eigenvalue weighted by molar-refractivity contribution is 5.91. The summed E-state index contributed by atoms with van der Waals surface area (Å²) in [5.41, 5.74) is 2.46. The van der Waals surface area contributed by atoms with Gasteiger partial charge in [0.2, 0.25) is 0 Å². The fourth-order valence-electron chi connectivity index (χ4n) is 3.34. The Bertz CT molecular complexity index is 918. The number of hydrogen-bond acceptors (Lipinski definition) is 5.